The minimum atomic E-state index is 0. The normalized spacial score (nSPS) is 10.2. The van der Waals surface area contributed by atoms with Gasteiger partial charge in [0.1, 0.15) is 0 Å². The van der Waals surface area contributed by atoms with Crippen LogP contribution >= 0.6 is 11.3 Å². The number of rotatable bonds is 2. The van der Waals surface area contributed by atoms with Gasteiger partial charge in [-0.05, 0) is 28.9 Å². The molecule has 3 heterocycles. The molecule has 3 aromatic rings. The SMILES string of the molecule is Cc1cnccc1-c1cnc(-c2[c-]ncs2)n1C.[Ir]. The zero-order chi connectivity index (χ0) is 12.5. The Morgan fingerprint density at radius 2 is 2.16 bits per heavy atom. The third-order valence-corrected chi connectivity index (χ3v) is 3.60. The first-order chi connectivity index (χ1) is 8.77. The first-order valence-electron chi connectivity index (χ1n) is 5.51. The van der Waals surface area contributed by atoms with Crippen molar-refractivity contribution in [2.24, 2.45) is 7.05 Å². The van der Waals surface area contributed by atoms with Crippen LogP contribution in [0.2, 0.25) is 0 Å². The van der Waals surface area contributed by atoms with E-state index in [1.165, 1.54) is 0 Å². The fourth-order valence-corrected chi connectivity index (χ4v) is 2.54. The Kier molecular flexibility index (Phi) is 4.24. The van der Waals surface area contributed by atoms with Crippen LogP contribution in [-0.2, 0) is 27.2 Å². The first-order valence-corrected chi connectivity index (χ1v) is 6.39. The number of imidazole rings is 1. The van der Waals surface area contributed by atoms with E-state index < -0.39 is 0 Å². The van der Waals surface area contributed by atoms with Crippen molar-refractivity contribution in [1.82, 2.24) is 19.5 Å². The molecule has 1 radical (unpaired) electrons. The van der Waals surface area contributed by atoms with E-state index in [1.807, 2.05) is 32.4 Å². The second kappa shape index (κ2) is 5.73. The molecule has 0 atom stereocenters. The zero-order valence-corrected chi connectivity index (χ0v) is 13.6. The third-order valence-electron chi connectivity index (χ3n) is 2.88. The molecule has 3 rings (SSSR count). The summed E-state index contributed by atoms with van der Waals surface area (Å²) >= 11 is 1.54. The smallest absolute Gasteiger partial charge is 0.0561 e. The van der Waals surface area contributed by atoms with Crippen LogP contribution in [0.1, 0.15) is 5.56 Å². The maximum atomic E-state index is 4.46. The van der Waals surface area contributed by atoms with Gasteiger partial charge in [0.25, 0.3) is 0 Å². The largest absolute Gasteiger partial charge is 0.381 e. The average molecular weight is 448 g/mol. The Balaban J connectivity index is 0.00000133. The summed E-state index contributed by atoms with van der Waals surface area (Å²) < 4.78 is 2.06. The average Bonchev–Trinajstić information content (AvgIpc) is 2.99. The van der Waals surface area contributed by atoms with E-state index in [9.17, 15) is 0 Å². The van der Waals surface area contributed by atoms with Crippen LogP contribution in [-0.4, -0.2) is 19.5 Å². The molecule has 0 fully saturated rings. The van der Waals surface area contributed by atoms with E-state index in [0.717, 1.165) is 27.5 Å². The molecule has 0 N–H and O–H groups in total. The van der Waals surface area contributed by atoms with Crippen molar-refractivity contribution in [2.75, 3.05) is 0 Å². The van der Waals surface area contributed by atoms with Crippen LogP contribution in [0.25, 0.3) is 22.0 Å². The Hall–Kier alpha value is -1.36. The number of hydrogen-bond acceptors (Lipinski definition) is 4. The first kappa shape index (κ1) is 14.1. The molecule has 3 aromatic heterocycles. The Morgan fingerprint density at radius 3 is 2.84 bits per heavy atom. The number of aryl methyl sites for hydroxylation is 1. The molecule has 0 aliphatic heterocycles. The number of thiazole rings is 1. The summed E-state index contributed by atoms with van der Waals surface area (Å²) in [7, 11) is 2.01. The molecule has 4 nitrogen and oxygen atoms in total. The van der Waals surface area contributed by atoms with Crippen LogP contribution in [0.3, 0.4) is 0 Å². The summed E-state index contributed by atoms with van der Waals surface area (Å²) in [5.41, 5.74) is 5.13. The summed E-state index contributed by atoms with van der Waals surface area (Å²) in [6, 6.07) is 2.01. The van der Waals surface area contributed by atoms with Gasteiger partial charge < -0.3 is 9.55 Å². The van der Waals surface area contributed by atoms with Gasteiger partial charge in [0.2, 0.25) is 0 Å². The summed E-state index contributed by atoms with van der Waals surface area (Å²) in [5.74, 6) is 0.892. The van der Waals surface area contributed by atoms with Crippen molar-refractivity contribution in [2.45, 2.75) is 6.92 Å². The molecular weight excluding hydrogens is 436 g/mol. The Bertz CT molecular complexity index is 676. The van der Waals surface area contributed by atoms with E-state index in [1.54, 1.807) is 23.0 Å². The van der Waals surface area contributed by atoms with Gasteiger partial charge in [0, 0.05) is 57.1 Å². The van der Waals surface area contributed by atoms with Gasteiger partial charge in [0.05, 0.1) is 5.69 Å². The van der Waals surface area contributed by atoms with E-state index in [-0.39, 0.29) is 20.1 Å². The molecule has 0 aromatic carbocycles. The summed E-state index contributed by atoms with van der Waals surface area (Å²) in [5, 5.41) is 0. The molecule has 0 saturated carbocycles. The standard InChI is InChI=1S/C13H11N4S.Ir/c1-9-5-14-4-3-10(9)11-6-16-13(17(11)2)12-7-15-8-18-12;/h3-6,8H,1-2H3;/q-1;. The van der Waals surface area contributed by atoms with Gasteiger partial charge in [-0.1, -0.05) is 6.20 Å². The molecule has 0 bridgehead atoms. The van der Waals surface area contributed by atoms with Gasteiger partial charge >= 0.3 is 0 Å². The van der Waals surface area contributed by atoms with Crippen LogP contribution in [0.4, 0.5) is 0 Å². The van der Waals surface area contributed by atoms with Crippen molar-refractivity contribution < 1.29 is 20.1 Å². The van der Waals surface area contributed by atoms with E-state index in [4.69, 9.17) is 0 Å². The quantitative estimate of drug-likeness (QED) is 0.568. The second-order valence-corrected chi connectivity index (χ2v) is 4.86. The molecule has 0 aliphatic carbocycles. The fourth-order valence-electron chi connectivity index (χ4n) is 1.92. The predicted octanol–water partition coefficient (Wildman–Crippen LogP) is 2.71. The minimum Gasteiger partial charge on any atom is -0.381 e. The number of hydrogen-bond donors (Lipinski definition) is 0. The molecule has 99 valence electrons. The maximum Gasteiger partial charge on any atom is 0.0561 e. The van der Waals surface area contributed by atoms with E-state index >= 15 is 0 Å². The molecular formula is C13H11IrN4S-. The number of nitrogens with zero attached hydrogens (tertiary/aromatic N) is 4. The van der Waals surface area contributed by atoms with E-state index in [0.29, 0.717) is 0 Å². The zero-order valence-electron chi connectivity index (χ0n) is 10.4. The Labute approximate surface area is 128 Å². The monoisotopic (exact) mass is 448 g/mol. The summed E-state index contributed by atoms with van der Waals surface area (Å²) in [6.07, 6.45) is 8.49. The van der Waals surface area contributed by atoms with Crippen LogP contribution < -0.4 is 0 Å². The van der Waals surface area contributed by atoms with Gasteiger partial charge in [-0.25, -0.2) is 11.3 Å². The van der Waals surface area contributed by atoms with Gasteiger partial charge in [-0.2, -0.15) is 0 Å². The molecule has 19 heavy (non-hydrogen) atoms. The molecule has 0 unspecified atom stereocenters. The number of aromatic nitrogens is 4. The van der Waals surface area contributed by atoms with Crippen molar-refractivity contribution in [3.8, 4) is 22.0 Å². The topological polar surface area (TPSA) is 43.6 Å². The van der Waals surface area contributed by atoms with Crippen molar-refractivity contribution in [3.63, 3.8) is 0 Å². The summed E-state index contributed by atoms with van der Waals surface area (Å²) in [4.78, 5) is 13.5. The van der Waals surface area contributed by atoms with Gasteiger partial charge in [-0.15, -0.1) is 0 Å². The fraction of sp³-hybridized carbons (Fsp3) is 0.154. The van der Waals surface area contributed by atoms with Crippen molar-refractivity contribution in [3.05, 3.63) is 41.9 Å². The van der Waals surface area contributed by atoms with Gasteiger partial charge in [0.15, 0.2) is 0 Å². The van der Waals surface area contributed by atoms with Crippen LogP contribution in [0, 0.1) is 13.1 Å². The molecule has 6 heteroatoms. The third kappa shape index (κ3) is 2.52. The minimum absolute atomic E-state index is 0. The van der Waals surface area contributed by atoms with Crippen molar-refractivity contribution in [1.29, 1.82) is 0 Å². The number of pyridine rings is 1. The van der Waals surface area contributed by atoms with Crippen molar-refractivity contribution >= 4 is 11.3 Å². The summed E-state index contributed by atoms with van der Waals surface area (Å²) in [6.45, 7) is 2.05. The molecule has 0 aliphatic rings. The Morgan fingerprint density at radius 1 is 1.32 bits per heavy atom. The van der Waals surface area contributed by atoms with Crippen LogP contribution in [0.5, 0.6) is 0 Å². The van der Waals surface area contributed by atoms with Crippen LogP contribution in [0.15, 0.2) is 30.2 Å². The predicted molar refractivity (Wildman–Crippen MR) is 71.1 cm³/mol. The molecule has 0 saturated heterocycles. The van der Waals surface area contributed by atoms with E-state index in [2.05, 4.69) is 25.7 Å². The molecule has 0 spiro atoms. The maximum absolute atomic E-state index is 4.46. The second-order valence-electron chi connectivity index (χ2n) is 4.01. The molecule has 0 amide bonds. The van der Waals surface area contributed by atoms with Gasteiger partial charge in [-0.3, -0.25) is 9.97 Å².